The number of carbonyl (C=O) groups excluding carboxylic acids is 1. The van der Waals surface area contributed by atoms with Crippen LogP contribution in [-0.2, 0) is 14.6 Å². The number of halogens is 1. The first-order valence-electron chi connectivity index (χ1n) is 9.37. The van der Waals surface area contributed by atoms with Crippen LogP contribution in [0.15, 0.2) is 22.7 Å². The van der Waals surface area contributed by atoms with Gasteiger partial charge in [-0.25, -0.2) is 8.42 Å². The second-order valence-corrected chi connectivity index (χ2v) is 10.6. The third-order valence-electron chi connectivity index (χ3n) is 5.48. The SMILES string of the molecule is Cc1cc(Br)ccc1NCC(=O)N(C1CCCCC1)[C@H]1CCS(=O)(=O)C1. The largest absolute Gasteiger partial charge is 0.376 e. The number of amides is 1. The van der Waals surface area contributed by atoms with E-state index in [4.69, 9.17) is 0 Å². The minimum Gasteiger partial charge on any atom is -0.376 e. The van der Waals surface area contributed by atoms with Gasteiger partial charge in [-0.15, -0.1) is 0 Å². The summed E-state index contributed by atoms with van der Waals surface area (Å²) in [6.07, 6.45) is 5.99. The number of rotatable bonds is 5. The zero-order valence-electron chi connectivity index (χ0n) is 15.2. The van der Waals surface area contributed by atoms with Gasteiger partial charge in [-0.2, -0.15) is 0 Å². The summed E-state index contributed by atoms with van der Waals surface area (Å²) in [5.74, 6) is 0.335. The van der Waals surface area contributed by atoms with Crippen molar-refractivity contribution in [3.8, 4) is 0 Å². The van der Waals surface area contributed by atoms with E-state index in [1.165, 1.54) is 6.42 Å². The van der Waals surface area contributed by atoms with Gasteiger partial charge < -0.3 is 10.2 Å². The molecule has 0 bridgehead atoms. The van der Waals surface area contributed by atoms with Crippen molar-refractivity contribution >= 4 is 37.4 Å². The van der Waals surface area contributed by atoms with Crippen molar-refractivity contribution in [1.29, 1.82) is 0 Å². The molecular weight excluding hydrogens is 416 g/mol. The van der Waals surface area contributed by atoms with Crippen LogP contribution in [-0.4, -0.2) is 49.4 Å². The number of nitrogens with one attached hydrogen (secondary N) is 1. The molecule has 0 spiro atoms. The number of sulfone groups is 1. The fourth-order valence-corrected chi connectivity index (χ4v) is 6.33. The van der Waals surface area contributed by atoms with E-state index in [1.807, 2.05) is 30.0 Å². The maximum Gasteiger partial charge on any atom is 0.242 e. The quantitative estimate of drug-likeness (QED) is 0.757. The van der Waals surface area contributed by atoms with E-state index in [9.17, 15) is 13.2 Å². The molecule has 1 aliphatic heterocycles. The van der Waals surface area contributed by atoms with Crippen LogP contribution in [0, 0.1) is 6.92 Å². The summed E-state index contributed by atoms with van der Waals surface area (Å²) in [5, 5.41) is 3.24. The van der Waals surface area contributed by atoms with E-state index in [0.29, 0.717) is 6.42 Å². The first-order valence-corrected chi connectivity index (χ1v) is 12.0. The van der Waals surface area contributed by atoms with Crippen molar-refractivity contribution in [1.82, 2.24) is 4.90 Å². The molecular formula is C19H27BrN2O3S. The topological polar surface area (TPSA) is 66.5 Å². The Morgan fingerprint density at radius 1 is 1.19 bits per heavy atom. The van der Waals surface area contributed by atoms with E-state index in [1.54, 1.807) is 0 Å². The molecule has 1 saturated heterocycles. The molecule has 0 radical (unpaired) electrons. The molecule has 2 aliphatic rings. The number of benzene rings is 1. The van der Waals surface area contributed by atoms with Gasteiger partial charge in [0, 0.05) is 22.2 Å². The first-order chi connectivity index (χ1) is 12.4. The van der Waals surface area contributed by atoms with Crippen molar-refractivity contribution in [2.45, 2.75) is 57.5 Å². The molecule has 1 aliphatic carbocycles. The Kier molecular flexibility index (Phi) is 6.28. The van der Waals surface area contributed by atoms with Crippen molar-refractivity contribution in [2.24, 2.45) is 0 Å². The van der Waals surface area contributed by atoms with Crippen LogP contribution in [0.5, 0.6) is 0 Å². The summed E-state index contributed by atoms with van der Waals surface area (Å²) in [6, 6.07) is 5.93. The highest BCUT2D eigenvalue weighted by Gasteiger charge is 2.38. The summed E-state index contributed by atoms with van der Waals surface area (Å²) >= 11 is 3.45. The van der Waals surface area contributed by atoms with Crippen LogP contribution >= 0.6 is 15.9 Å². The smallest absolute Gasteiger partial charge is 0.242 e. The molecule has 1 saturated carbocycles. The van der Waals surface area contributed by atoms with Gasteiger partial charge in [0.2, 0.25) is 5.91 Å². The number of nitrogens with zero attached hydrogens (tertiary/aromatic N) is 1. The second-order valence-electron chi connectivity index (χ2n) is 7.46. The molecule has 1 atom stereocenters. The first kappa shape index (κ1) is 19.7. The highest BCUT2D eigenvalue weighted by molar-refractivity contribution is 9.10. The van der Waals surface area contributed by atoms with Crippen LogP contribution in [0.3, 0.4) is 0 Å². The monoisotopic (exact) mass is 442 g/mol. The predicted molar refractivity (Wildman–Crippen MR) is 108 cm³/mol. The molecule has 1 amide bonds. The van der Waals surface area contributed by atoms with Gasteiger partial charge in [0.05, 0.1) is 18.1 Å². The fraction of sp³-hybridized carbons (Fsp3) is 0.632. The third-order valence-corrected chi connectivity index (χ3v) is 7.72. The molecule has 1 N–H and O–H groups in total. The van der Waals surface area contributed by atoms with Crippen molar-refractivity contribution in [3.05, 3.63) is 28.2 Å². The van der Waals surface area contributed by atoms with Gasteiger partial charge in [-0.05, 0) is 49.9 Å². The fourth-order valence-electron chi connectivity index (χ4n) is 4.15. The van der Waals surface area contributed by atoms with Crippen molar-refractivity contribution in [3.63, 3.8) is 0 Å². The maximum absolute atomic E-state index is 13.1. The molecule has 1 aromatic carbocycles. The molecule has 0 unspecified atom stereocenters. The van der Waals surface area contributed by atoms with E-state index in [0.717, 1.165) is 41.4 Å². The third kappa shape index (κ3) is 4.80. The molecule has 0 aromatic heterocycles. The van der Waals surface area contributed by atoms with Crippen LogP contribution < -0.4 is 5.32 Å². The van der Waals surface area contributed by atoms with Gasteiger partial charge in [0.1, 0.15) is 0 Å². The zero-order valence-corrected chi connectivity index (χ0v) is 17.6. The minimum absolute atomic E-state index is 0.0151. The summed E-state index contributed by atoms with van der Waals surface area (Å²) in [6.45, 7) is 2.20. The lowest BCUT2D eigenvalue weighted by Crippen LogP contribution is -2.50. The van der Waals surface area contributed by atoms with Crippen LogP contribution in [0.25, 0.3) is 0 Å². The number of carbonyl (C=O) groups is 1. The zero-order chi connectivity index (χ0) is 18.7. The molecule has 1 heterocycles. The van der Waals surface area contributed by atoms with E-state index in [2.05, 4.69) is 21.2 Å². The van der Waals surface area contributed by atoms with Crippen LogP contribution in [0.1, 0.15) is 44.1 Å². The van der Waals surface area contributed by atoms with E-state index in [-0.39, 0.29) is 36.0 Å². The van der Waals surface area contributed by atoms with E-state index >= 15 is 0 Å². The Balaban J connectivity index is 1.71. The molecule has 5 nitrogen and oxygen atoms in total. The van der Waals surface area contributed by atoms with Crippen molar-refractivity contribution < 1.29 is 13.2 Å². The minimum atomic E-state index is -3.01. The summed E-state index contributed by atoms with van der Waals surface area (Å²) < 4.78 is 24.9. The molecule has 144 valence electrons. The second kappa shape index (κ2) is 8.30. The molecule has 7 heteroatoms. The molecule has 26 heavy (non-hydrogen) atoms. The van der Waals surface area contributed by atoms with E-state index < -0.39 is 9.84 Å². The summed E-state index contributed by atoms with van der Waals surface area (Å²) in [7, 11) is -3.01. The number of aryl methyl sites for hydroxylation is 1. The lowest BCUT2D eigenvalue weighted by molar-refractivity contribution is -0.134. The molecule has 1 aromatic rings. The summed E-state index contributed by atoms with van der Waals surface area (Å²) in [4.78, 5) is 15.0. The van der Waals surface area contributed by atoms with Crippen LogP contribution in [0.2, 0.25) is 0 Å². The molecule has 3 rings (SSSR count). The average Bonchev–Trinajstić information content (AvgIpc) is 2.95. The normalized spacial score (nSPS) is 22.9. The Labute approximate surface area is 164 Å². The average molecular weight is 443 g/mol. The van der Waals surface area contributed by atoms with Gasteiger partial charge in [-0.3, -0.25) is 4.79 Å². The predicted octanol–water partition coefficient (Wildman–Crippen LogP) is 3.52. The van der Waals surface area contributed by atoms with Crippen LogP contribution in [0.4, 0.5) is 5.69 Å². The highest BCUT2D eigenvalue weighted by atomic mass is 79.9. The van der Waals surface area contributed by atoms with Gasteiger partial charge in [0.15, 0.2) is 9.84 Å². The maximum atomic E-state index is 13.1. The Bertz CT molecular complexity index is 760. The summed E-state index contributed by atoms with van der Waals surface area (Å²) in [5.41, 5.74) is 2.00. The Morgan fingerprint density at radius 2 is 1.92 bits per heavy atom. The van der Waals surface area contributed by atoms with Crippen molar-refractivity contribution in [2.75, 3.05) is 23.4 Å². The highest BCUT2D eigenvalue weighted by Crippen LogP contribution is 2.28. The number of hydrogen-bond donors (Lipinski definition) is 1. The standard InChI is InChI=1S/C19H27BrN2O3S/c1-14-11-15(20)7-8-18(14)21-12-19(23)22(16-5-3-2-4-6-16)17-9-10-26(24,25)13-17/h7-8,11,16-17,21H,2-6,9-10,12-13H2,1H3/t17-/m0/s1. The number of hydrogen-bond acceptors (Lipinski definition) is 4. The lowest BCUT2D eigenvalue weighted by atomic mass is 9.93. The van der Waals surface area contributed by atoms with Gasteiger partial charge in [0.25, 0.3) is 0 Å². The number of anilines is 1. The lowest BCUT2D eigenvalue weighted by Gasteiger charge is -2.38. The molecule has 2 fully saturated rings. The Morgan fingerprint density at radius 3 is 2.54 bits per heavy atom. The Hall–Kier alpha value is -1.08. The van der Waals surface area contributed by atoms with Gasteiger partial charge in [-0.1, -0.05) is 35.2 Å². The van der Waals surface area contributed by atoms with Gasteiger partial charge >= 0.3 is 0 Å².